The lowest BCUT2D eigenvalue weighted by Crippen LogP contribution is -2.38. The summed E-state index contributed by atoms with van der Waals surface area (Å²) in [5, 5.41) is 21.4. The molecule has 37 heavy (non-hydrogen) atoms. The third-order valence-corrected chi connectivity index (χ3v) is 8.05. The van der Waals surface area contributed by atoms with Crippen molar-refractivity contribution in [3.63, 3.8) is 0 Å². The summed E-state index contributed by atoms with van der Waals surface area (Å²) in [7, 11) is 0. The van der Waals surface area contributed by atoms with Gasteiger partial charge < -0.3 is 10.2 Å². The lowest BCUT2D eigenvalue weighted by molar-refractivity contribution is 0.0596. The molecule has 0 fully saturated rings. The van der Waals surface area contributed by atoms with E-state index in [4.69, 9.17) is 0 Å². The van der Waals surface area contributed by atoms with Gasteiger partial charge in [-0.15, -0.1) is 0 Å². The van der Waals surface area contributed by atoms with Crippen LogP contribution in [0.25, 0.3) is 0 Å². The van der Waals surface area contributed by atoms with E-state index in [2.05, 4.69) is 25.7 Å². The molecule has 0 rings (SSSR count). The normalized spacial score (nSPS) is 13.5. The van der Waals surface area contributed by atoms with Gasteiger partial charge in [0.1, 0.15) is 0 Å². The Bertz CT molecular complexity index is 385. The topological polar surface area (TPSA) is 43.7 Å². The monoisotopic (exact) mass is 526 g/mol. The van der Waals surface area contributed by atoms with Gasteiger partial charge in [-0.1, -0.05) is 168 Å². The van der Waals surface area contributed by atoms with Gasteiger partial charge in [0.25, 0.3) is 0 Å². The minimum atomic E-state index is -0.246. The predicted molar refractivity (Wildman–Crippen MR) is 166 cm³/mol. The first-order chi connectivity index (χ1) is 18.1. The molecule has 2 N–H and O–H groups in total. The number of rotatable bonds is 31. The fourth-order valence-corrected chi connectivity index (χ4v) is 5.53. The Balaban J connectivity index is 3.98. The second-order valence-electron chi connectivity index (χ2n) is 12.1. The number of unbranched alkanes of at least 4 members (excludes halogenated alkanes) is 21. The number of nitrogens with zero attached hydrogens (tertiary/aromatic N) is 1. The van der Waals surface area contributed by atoms with Crippen LogP contribution in [-0.4, -0.2) is 47.0 Å². The predicted octanol–water partition coefficient (Wildman–Crippen LogP) is 10.2. The smallest absolute Gasteiger partial charge is 0.0667 e. The maximum Gasteiger partial charge on any atom is 0.0667 e. The molecule has 0 heterocycles. The van der Waals surface area contributed by atoms with E-state index in [1.165, 1.54) is 141 Å². The summed E-state index contributed by atoms with van der Waals surface area (Å²) in [5.41, 5.74) is 0. The molecule has 0 amide bonds. The summed E-state index contributed by atoms with van der Waals surface area (Å²) in [6, 6.07) is 0. The molecule has 3 heteroatoms. The molecular formula is C34H71NO2. The minimum Gasteiger partial charge on any atom is -0.392 e. The molecule has 224 valence electrons. The summed E-state index contributed by atoms with van der Waals surface area (Å²) in [5.74, 6) is 0. The van der Waals surface area contributed by atoms with Gasteiger partial charge in [0.15, 0.2) is 0 Å². The van der Waals surface area contributed by atoms with Crippen molar-refractivity contribution in [1.29, 1.82) is 0 Å². The van der Waals surface area contributed by atoms with E-state index < -0.39 is 0 Å². The fourth-order valence-electron chi connectivity index (χ4n) is 5.53. The molecule has 0 bridgehead atoms. The van der Waals surface area contributed by atoms with Crippen LogP contribution in [0.4, 0.5) is 0 Å². The van der Waals surface area contributed by atoms with Gasteiger partial charge in [-0.25, -0.2) is 0 Å². The van der Waals surface area contributed by atoms with Gasteiger partial charge in [-0.2, -0.15) is 0 Å². The summed E-state index contributed by atoms with van der Waals surface area (Å²) in [4.78, 5) is 2.36. The molecular weight excluding hydrogens is 454 g/mol. The standard InChI is InChI=1S/C34H71NO2/c1-4-7-10-13-15-17-19-21-23-25-28-33(36)31-35(30-27-12-9-6-3)32-34(37)29-26-24-22-20-18-16-14-11-8-5-2/h33-34,36-37H,4-32H2,1-3H3. The molecule has 0 aliphatic rings. The molecule has 2 atom stereocenters. The first-order valence-electron chi connectivity index (χ1n) is 17.2. The minimum absolute atomic E-state index is 0.246. The van der Waals surface area contributed by atoms with Crippen LogP contribution in [0.2, 0.25) is 0 Å². The maximum atomic E-state index is 10.7. The number of hydrogen-bond donors (Lipinski definition) is 2. The Morgan fingerprint density at radius 1 is 0.378 bits per heavy atom. The van der Waals surface area contributed by atoms with Gasteiger partial charge in [-0.05, 0) is 25.8 Å². The van der Waals surface area contributed by atoms with Crippen molar-refractivity contribution >= 4 is 0 Å². The summed E-state index contributed by atoms with van der Waals surface area (Å²) in [6.07, 6.45) is 33.1. The van der Waals surface area contributed by atoms with Crippen molar-refractivity contribution in [2.75, 3.05) is 19.6 Å². The van der Waals surface area contributed by atoms with Gasteiger partial charge in [-0.3, -0.25) is 4.90 Å². The van der Waals surface area contributed by atoms with Crippen LogP contribution in [0.5, 0.6) is 0 Å². The zero-order valence-electron chi connectivity index (χ0n) is 26.0. The van der Waals surface area contributed by atoms with E-state index in [0.29, 0.717) is 0 Å². The summed E-state index contributed by atoms with van der Waals surface area (Å²) >= 11 is 0. The van der Waals surface area contributed by atoms with E-state index in [1.807, 2.05) is 0 Å². The fraction of sp³-hybridized carbons (Fsp3) is 1.00. The van der Waals surface area contributed by atoms with Crippen molar-refractivity contribution in [2.24, 2.45) is 0 Å². The Kier molecular flexibility index (Phi) is 30.3. The second-order valence-corrected chi connectivity index (χ2v) is 12.1. The van der Waals surface area contributed by atoms with E-state index in [9.17, 15) is 10.2 Å². The van der Waals surface area contributed by atoms with Gasteiger partial charge in [0.2, 0.25) is 0 Å². The lowest BCUT2D eigenvalue weighted by atomic mass is 10.0. The van der Waals surface area contributed by atoms with Crippen LogP contribution in [0.15, 0.2) is 0 Å². The number of aliphatic hydroxyl groups is 2. The highest BCUT2D eigenvalue weighted by atomic mass is 16.3. The van der Waals surface area contributed by atoms with E-state index in [1.54, 1.807) is 0 Å². The molecule has 0 aliphatic carbocycles. The third kappa shape index (κ3) is 28.7. The highest BCUT2D eigenvalue weighted by Gasteiger charge is 2.15. The third-order valence-electron chi connectivity index (χ3n) is 8.05. The van der Waals surface area contributed by atoms with Crippen LogP contribution < -0.4 is 0 Å². The number of hydrogen-bond acceptors (Lipinski definition) is 3. The molecule has 3 nitrogen and oxygen atoms in total. The SMILES string of the molecule is CCCCCCCCCCCCC(O)CN(CCCCCC)CC(O)CCCCCCCCCCCC. The molecule has 0 saturated carbocycles. The average Bonchev–Trinajstić information content (AvgIpc) is 2.88. The Labute approximate surface area is 234 Å². The van der Waals surface area contributed by atoms with Crippen LogP contribution in [-0.2, 0) is 0 Å². The lowest BCUT2D eigenvalue weighted by Gasteiger charge is -2.27. The van der Waals surface area contributed by atoms with Crippen LogP contribution >= 0.6 is 0 Å². The quantitative estimate of drug-likeness (QED) is 0.0885. The number of aliphatic hydroxyl groups excluding tert-OH is 2. The van der Waals surface area contributed by atoms with Crippen molar-refractivity contribution < 1.29 is 10.2 Å². The summed E-state index contributed by atoms with van der Waals surface area (Å²) < 4.78 is 0. The molecule has 0 spiro atoms. The molecule has 0 aromatic rings. The van der Waals surface area contributed by atoms with Crippen molar-refractivity contribution in [2.45, 2.75) is 200 Å². The van der Waals surface area contributed by atoms with Gasteiger partial charge >= 0.3 is 0 Å². The Morgan fingerprint density at radius 3 is 0.973 bits per heavy atom. The Morgan fingerprint density at radius 2 is 0.649 bits per heavy atom. The van der Waals surface area contributed by atoms with Crippen LogP contribution in [0.1, 0.15) is 188 Å². The summed E-state index contributed by atoms with van der Waals surface area (Å²) in [6.45, 7) is 9.30. The van der Waals surface area contributed by atoms with Crippen LogP contribution in [0, 0.1) is 0 Å². The zero-order chi connectivity index (χ0) is 27.2. The first kappa shape index (κ1) is 36.9. The molecule has 2 unspecified atom stereocenters. The van der Waals surface area contributed by atoms with Crippen molar-refractivity contribution in [3.05, 3.63) is 0 Å². The van der Waals surface area contributed by atoms with Crippen molar-refractivity contribution in [1.82, 2.24) is 4.90 Å². The molecule has 0 aliphatic heterocycles. The average molecular weight is 526 g/mol. The van der Waals surface area contributed by atoms with Gasteiger partial charge in [0, 0.05) is 13.1 Å². The van der Waals surface area contributed by atoms with Gasteiger partial charge in [0.05, 0.1) is 12.2 Å². The van der Waals surface area contributed by atoms with Crippen molar-refractivity contribution in [3.8, 4) is 0 Å². The van der Waals surface area contributed by atoms with E-state index in [-0.39, 0.29) is 12.2 Å². The van der Waals surface area contributed by atoms with E-state index in [0.717, 1.165) is 45.3 Å². The molecule has 0 saturated heterocycles. The highest BCUT2D eigenvalue weighted by Crippen LogP contribution is 2.15. The molecule has 0 aromatic heterocycles. The highest BCUT2D eigenvalue weighted by molar-refractivity contribution is 4.70. The zero-order valence-corrected chi connectivity index (χ0v) is 26.0. The molecule has 0 radical (unpaired) electrons. The van der Waals surface area contributed by atoms with E-state index >= 15 is 0 Å². The maximum absolute atomic E-state index is 10.7. The molecule has 0 aromatic carbocycles. The first-order valence-corrected chi connectivity index (χ1v) is 17.2. The Hall–Kier alpha value is -0.120. The van der Waals surface area contributed by atoms with Crippen LogP contribution in [0.3, 0.4) is 0 Å². The second kappa shape index (κ2) is 30.4. The largest absolute Gasteiger partial charge is 0.392 e.